The van der Waals surface area contributed by atoms with Crippen molar-refractivity contribution in [1.29, 1.82) is 5.26 Å². The molecule has 0 bridgehead atoms. The average Bonchev–Trinajstić information content (AvgIpc) is 3.20. The molecule has 1 aliphatic rings. The summed E-state index contributed by atoms with van der Waals surface area (Å²) in [6, 6.07) is 17.2. The largest absolute Gasteiger partial charge is 0.510 e. The molecule has 172 valence electrons. The number of allylic oxidation sites excluding steroid dienone is 1. The van der Waals surface area contributed by atoms with E-state index in [1.165, 1.54) is 18.2 Å². The number of hydrogen-bond acceptors (Lipinski definition) is 6. The van der Waals surface area contributed by atoms with Crippen molar-refractivity contribution >= 4 is 39.3 Å². The predicted molar refractivity (Wildman–Crippen MR) is 135 cm³/mol. The highest BCUT2D eigenvalue weighted by Crippen LogP contribution is 2.32. The lowest BCUT2D eigenvalue weighted by molar-refractivity contribution is 0.326. The maximum Gasteiger partial charge on any atom is 0.262 e. The predicted octanol–water partition coefficient (Wildman–Crippen LogP) is 5.37. The Morgan fingerprint density at radius 1 is 1.09 bits per heavy atom. The van der Waals surface area contributed by atoms with Gasteiger partial charge in [0.25, 0.3) is 5.56 Å². The second-order valence-corrected chi connectivity index (χ2v) is 9.53. The zero-order valence-corrected chi connectivity index (χ0v) is 19.8. The van der Waals surface area contributed by atoms with Gasteiger partial charge >= 0.3 is 0 Å². The van der Waals surface area contributed by atoms with Crippen LogP contribution in [0.3, 0.4) is 0 Å². The van der Waals surface area contributed by atoms with E-state index >= 15 is 0 Å². The molecule has 2 aromatic heterocycles. The van der Waals surface area contributed by atoms with Crippen LogP contribution in [-0.4, -0.2) is 30.0 Å². The first-order valence-corrected chi connectivity index (χ1v) is 12.4. The molecule has 0 atom stereocenters. The summed E-state index contributed by atoms with van der Waals surface area (Å²) in [5.41, 5.74) is 2.36. The normalized spacial score (nSPS) is 15.4. The Kier molecular flexibility index (Phi) is 6.12. The molecule has 7 nitrogen and oxygen atoms in total. The average molecular weight is 472 g/mol. The van der Waals surface area contributed by atoms with Gasteiger partial charge in [-0.3, -0.25) is 9.36 Å². The van der Waals surface area contributed by atoms with E-state index in [1.54, 1.807) is 9.13 Å². The van der Waals surface area contributed by atoms with Crippen LogP contribution in [-0.2, 0) is 7.05 Å². The number of para-hydroxylation sites is 3. The Morgan fingerprint density at radius 3 is 2.53 bits per heavy atom. The molecule has 2 heterocycles. The number of hydrogen-bond donors (Lipinski definition) is 1. The summed E-state index contributed by atoms with van der Waals surface area (Å²) >= 11 is 1.28. The highest BCUT2D eigenvalue weighted by atomic mass is 32.2. The third-order valence-corrected chi connectivity index (χ3v) is 7.43. The molecule has 0 spiro atoms. The van der Waals surface area contributed by atoms with E-state index in [9.17, 15) is 15.2 Å². The van der Waals surface area contributed by atoms with E-state index in [0.717, 1.165) is 36.7 Å². The number of imidazole rings is 1. The number of rotatable bonds is 5. The van der Waals surface area contributed by atoms with E-state index in [1.807, 2.05) is 55.6 Å². The number of aliphatic hydroxyl groups excluding tert-OH is 1. The molecule has 0 unspecified atom stereocenters. The van der Waals surface area contributed by atoms with Crippen molar-refractivity contribution in [1.82, 2.24) is 19.1 Å². The van der Waals surface area contributed by atoms with E-state index < -0.39 is 0 Å². The summed E-state index contributed by atoms with van der Waals surface area (Å²) in [4.78, 5) is 22.7. The molecule has 0 amide bonds. The van der Waals surface area contributed by atoms with Gasteiger partial charge in [-0.2, -0.15) is 5.26 Å². The molecular formula is C26H25N5O2S. The Bertz CT molecular complexity index is 1510. The fourth-order valence-corrected chi connectivity index (χ4v) is 5.65. The van der Waals surface area contributed by atoms with Crippen LogP contribution in [0.5, 0.6) is 0 Å². The van der Waals surface area contributed by atoms with Crippen LogP contribution in [0, 0.1) is 11.3 Å². The van der Waals surface area contributed by atoms with Gasteiger partial charge in [0.2, 0.25) is 0 Å². The highest BCUT2D eigenvalue weighted by molar-refractivity contribution is 7.99. The van der Waals surface area contributed by atoms with Crippen molar-refractivity contribution in [3.63, 3.8) is 0 Å². The molecule has 0 aliphatic heterocycles. The highest BCUT2D eigenvalue weighted by Gasteiger charge is 2.23. The summed E-state index contributed by atoms with van der Waals surface area (Å²) < 4.78 is 3.61. The third kappa shape index (κ3) is 3.97. The molecule has 1 saturated carbocycles. The van der Waals surface area contributed by atoms with E-state index in [-0.39, 0.29) is 28.7 Å². The van der Waals surface area contributed by atoms with Crippen molar-refractivity contribution in [3.05, 3.63) is 70.5 Å². The summed E-state index contributed by atoms with van der Waals surface area (Å²) in [6.07, 6.45) is 5.24. The topological polar surface area (TPSA) is 96.7 Å². The Morgan fingerprint density at radius 2 is 1.79 bits per heavy atom. The molecule has 4 aromatic rings. The van der Waals surface area contributed by atoms with E-state index in [2.05, 4.69) is 11.1 Å². The maximum absolute atomic E-state index is 13.4. The van der Waals surface area contributed by atoms with Gasteiger partial charge in [-0.15, -0.1) is 0 Å². The number of nitriles is 1. The molecule has 34 heavy (non-hydrogen) atoms. The minimum absolute atomic E-state index is 0.0423. The molecule has 0 saturated heterocycles. The van der Waals surface area contributed by atoms with Gasteiger partial charge in [0.05, 0.1) is 27.7 Å². The van der Waals surface area contributed by atoms with Crippen LogP contribution in [0.4, 0.5) is 0 Å². The van der Waals surface area contributed by atoms with Crippen molar-refractivity contribution in [3.8, 4) is 6.07 Å². The molecule has 1 N–H and O–H groups in total. The van der Waals surface area contributed by atoms with Crippen molar-refractivity contribution in [2.45, 2.75) is 43.3 Å². The smallest absolute Gasteiger partial charge is 0.262 e. The van der Waals surface area contributed by atoms with Gasteiger partial charge in [-0.25, -0.2) is 9.97 Å². The summed E-state index contributed by atoms with van der Waals surface area (Å²) in [6.45, 7) is 0. The van der Waals surface area contributed by atoms with Gasteiger partial charge in [0.15, 0.2) is 11.0 Å². The number of thioether (sulfide) groups is 1. The van der Waals surface area contributed by atoms with Crippen LogP contribution in [0.2, 0.25) is 0 Å². The number of aryl methyl sites for hydroxylation is 1. The number of fused-ring (bicyclic) bond motifs is 2. The van der Waals surface area contributed by atoms with E-state index in [0.29, 0.717) is 21.9 Å². The van der Waals surface area contributed by atoms with Gasteiger partial charge in [0.1, 0.15) is 17.4 Å². The fourth-order valence-electron chi connectivity index (χ4n) is 4.71. The SMILES string of the molecule is Cn1c(/C(C#N)=C(\O)CSc2nc3ccccc3c(=O)n2C2CCCCC2)nc2ccccc21. The molecule has 0 radical (unpaired) electrons. The summed E-state index contributed by atoms with van der Waals surface area (Å²) in [7, 11) is 1.83. The standard InChI is InChI=1S/C26H25N5O2S/c1-30-22-14-8-7-13-21(22)28-24(30)19(15-27)23(32)16-34-26-29-20-12-6-5-11-18(20)25(33)31(26)17-9-3-2-4-10-17/h5-8,11-14,17,32H,2-4,9-10,16H2,1H3/b23-19-. The van der Waals surface area contributed by atoms with Gasteiger partial charge in [-0.1, -0.05) is 55.3 Å². The first kappa shape index (κ1) is 22.2. The molecule has 1 fully saturated rings. The fraction of sp³-hybridized carbons (Fsp3) is 0.308. The first-order valence-electron chi connectivity index (χ1n) is 11.5. The maximum atomic E-state index is 13.4. The monoisotopic (exact) mass is 471 g/mol. The summed E-state index contributed by atoms with van der Waals surface area (Å²) in [5.74, 6) is 0.449. The Labute approximate surface area is 201 Å². The quantitative estimate of drug-likeness (QED) is 0.182. The minimum Gasteiger partial charge on any atom is -0.510 e. The molecule has 5 rings (SSSR count). The lowest BCUT2D eigenvalue weighted by Crippen LogP contribution is -2.29. The Balaban J connectivity index is 1.53. The minimum atomic E-state index is -0.0801. The van der Waals surface area contributed by atoms with Crippen LogP contribution < -0.4 is 5.56 Å². The van der Waals surface area contributed by atoms with Crippen molar-refractivity contribution in [2.24, 2.45) is 7.05 Å². The second kappa shape index (κ2) is 9.35. The number of nitrogens with zero attached hydrogens (tertiary/aromatic N) is 5. The van der Waals surface area contributed by atoms with Crippen LogP contribution >= 0.6 is 11.8 Å². The number of aromatic nitrogens is 4. The second-order valence-electron chi connectivity index (χ2n) is 8.58. The zero-order chi connectivity index (χ0) is 23.7. The molecule has 2 aromatic carbocycles. The van der Waals surface area contributed by atoms with Crippen LogP contribution in [0.1, 0.15) is 44.0 Å². The summed E-state index contributed by atoms with van der Waals surface area (Å²) in [5, 5.41) is 21.9. The number of benzene rings is 2. The lowest BCUT2D eigenvalue weighted by atomic mass is 9.95. The zero-order valence-electron chi connectivity index (χ0n) is 18.9. The molecular weight excluding hydrogens is 446 g/mol. The third-order valence-electron chi connectivity index (χ3n) is 6.46. The van der Waals surface area contributed by atoms with Gasteiger partial charge in [0, 0.05) is 13.1 Å². The van der Waals surface area contributed by atoms with Gasteiger partial charge < -0.3 is 9.67 Å². The van der Waals surface area contributed by atoms with Crippen molar-refractivity contribution < 1.29 is 5.11 Å². The Hall–Kier alpha value is -3.57. The lowest BCUT2D eigenvalue weighted by Gasteiger charge is -2.26. The van der Waals surface area contributed by atoms with Gasteiger partial charge in [-0.05, 0) is 37.1 Å². The number of aliphatic hydroxyl groups is 1. The van der Waals surface area contributed by atoms with Crippen LogP contribution in [0.25, 0.3) is 27.5 Å². The first-order chi connectivity index (χ1) is 16.6. The molecule has 8 heteroatoms. The van der Waals surface area contributed by atoms with Crippen LogP contribution in [0.15, 0.2) is 64.2 Å². The van der Waals surface area contributed by atoms with Crippen molar-refractivity contribution in [2.75, 3.05) is 5.75 Å². The van der Waals surface area contributed by atoms with E-state index in [4.69, 9.17) is 4.98 Å². The molecule has 1 aliphatic carbocycles.